The van der Waals surface area contributed by atoms with Gasteiger partial charge in [0.15, 0.2) is 6.10 Å². The first-order valence-corrected chi connectivity index (χ1v) is 8.65. The molecule has 1 fully saturated rings. The molecule has 3 rings (SSSR count). The molecule has 25 heavy (non-hydrogen) atoms. The molecule has 0 bridgehead atoms. The summed E-state index contributed by atoms with van der Waals surface area (Å²) in [5.74, 6) is -0.424. The van der Waals surface area contributed by atoms with Gasteiger partial charge in [0.2, 0.25) is 0 Å². The van der Waals surface area contributed by atoms with Crippen molar-refractivity contribution >= 4 is 11.6 Å². The quantitative estimate of drug-likeness (QED) is 0.847. The van der Waals surface area contributed by atoms with Crippen molar-refractivity contribution in [3.63, 3.8) is 0 Å². The van der Waals surface area contributed by atoms with Crippen LogP contribution in [-0.2, 0) is 16.0 Å². The molecular formula is C20H24N2O3. The molecule has 1 saturated heterocycles. The largest absolute Gasteiger partial charge is 0.379 e. The third kappa shape index (κ3) is 5.13. The summed E-state index contributed by atoms with van der Waals surface area (Å²) in [4.78, 5) is 14.5. The standard InChI is InChI=1S/C20H24N2O3/c23-19(17-4-2-1-3-5-17)20(24)21-18-8-6-16(7-9-18)10-11-22-12-14-25-15-13-22/h1-9,19,23H,10-15H2,(H,21,24). The fourth-order valence-corrected chi connectivity index (χ4v) is 2.86. The van der Waals surface area contributed by atoms with Crippen LogP contribution in [0.5, 0.6) is 0 Å². The average molecular weight is 340 g/mol. The van der Waals surface area contributed by atoms with E-state index in [9.17, 15) is 9.90 Å². The molecule has 132 valence electrons. The van der Waals surface area contributed by atoms with Crippen LogP contribution in [-0.4, -0.2) is 48.8 Å². The molecular weight excluding hydrogens is 316 g/mol. The van der Waals surface area contributed by atoms with E-state index in [-0.39, 0.29) is 0 Å². The lowest BCUT2D eigenvalue weighted by molar-refractivity contribution is -0.124. The van der Waals surface area contributed by atoms with Crippen LogP contribution in [0.15, 0.2) is 54.6 Å². The third-order valence-electron chi connectivity index (χ3n) is 4.41. The molecule has 0 spiro atoms. The van der Waals surface area contributed by atoms with Gasteiger partial charge < -0.3 is 15.2 Å². The first-order valence-electron chi connectivity index (χ1n) is 8.65. The number of aliphatic hydroxyl groups is 1. The number of hydrogen-bond acceptors (Lipinski definition) is 4. The van der Waals surface area contributed by atoms with Crippen molar-refractivity contribution in [3.8, 4) is 0 Å². The molecule has 1 heterocycles. The van der Waals surface area contributed by atoms with Crippen molar-refractivity contribution in [1.29, 1.82) is 0 Å². The molecule has 0 aromatic heterocycles. The molecule has 1 amide bonds. The molecule has 0 radical (unpaired) electrons. The lowest BCUT2D eigenvalue weighted by atomic mass is 10.1. The van der Waals surface area contributed by atoms with Crippen molar-refractivity contribution < 1.29 is 14.6 Å². The van der Waals surface area contributed by atoms with Gasteiger partial charge in [-0.05, 0) is 29.7 Å². The number of carbonyl (C=O) groups is 1. The van der Waals surface area contributed by atoms with Crippen molar-refractivity contribution in [2.75, 3.05) is 38.2 Å². The smallest absolute Gasteiger partial charge is 0.257 e. The predicted octanol–water partition coefficient (Wildman–Crippen LogP) is 2.23. The number of anilines is 1. The fourth-order valence-electron chi connectivity index (χ4n) is 2.86. The van der Waals surface area contributed by atoms with Gasteiger partial charge >= 0.3 is 0 Å². The molecule has 1 aliphatic heterocycles. The summed E-state index contributed by atoms with van der Waals surface area (Å²) in [5, 5.41) is 12.9. The highest BCUT2D eigenvalue weighted by molar-refractivity contribution is 5.94. The van der Waals surface area contributed by atoms with Crippen LogP contribution >= 0.6 is 0 Å². The van der Waals surface area contributed by atoms with Gasteiger partial charge in [-0.2, -0.15) is 0 Å². The minimum Gasteiger partial charge on any atom is -0.379 e. The molecule has 1 atom stereocenters. The Labute approximate surface area is 148 Å². The van der Waals surface area contributed by atoms with Gasteiger partial charge in [0.05, 0.1) is 13.2 Å². The Hall–Kier alpha value is -2.21. The maximum atomic E-state index is 12.2. The number of carbonyl (C=O) groups excluding carboxylic acids is 1. The Balaban J connectivity index is 1.50. The van der Waals surface area contributed by atoms with Crippen LogP contribution in [0.2, 0.25) is 0 Å². The number of amides is 1. The summed E-state index contributed by atoms with van der Waals surface area (Å²) in [6.45, 7) is 4.63. The van der Waals surface area contributed by atoms with E-state index in [1.807, 2.05) is 30.3 Å². The van der Waals surface area contributed by atoms with E-state index in [0.29, 0.717) is 11.3 Å². The van der Waals surface area contributed by atoms with Gasteiger partial charge in [-0.3, -0.25) is 9.69 Å². The average Bonchev–Trinajstić information content (AvgIpc) is 2.68. The molecule has 2 aromatic carbocycles. The Bertz CT molecular complexity index is 667. The minimum absolute atomic E-state index is 0.424. The number of aliphatic hydroxyl groups excluding tert-OH is 1. The van der Waals surface area contributed by atoms with Gasteiger partial charge in [0, 0.05) is 25.3 Å². The second-order valence-electron chi connectivity index (χ2n) is 6.20. The second kappa shape index (κ2) is 8.76. The predicted molar refractivity (Wildman–Crippen MR) is 97.4 cm³/mol. The number of benzene rings is 2. The van der Waals surface area contributed by atoms with Crippen LogP contribution < -0.4 is 5.32 Å². The highest BCUT2D eigenvalue weighted by atomic mass is 16.5. The maximum absolute atomic E-state index is 12.2. The van der Waals surface area contributed by atoms with Crippen LogP contribution in [0.3, 0.4) is 0 Å². The van der Waals surface area contributed by atoms with Crippen LogP contribution in [0.1, 0.15) is 17.2 Å². The molecule has 2 aromatic rings. The topological polar surface area (TPSA) is 61.8 Å². The first kappa shape index (κ1) is 17.6. The number of rotatable bonds is 6. The second-order valence-corrected chi connectivity index (χ2v) is 6.20. The van der Waals surface area contributed by atoms with Gasteiger partial charge in [-0.15, -0.1) is 0 Å². The zero-order chi connectivity index (χ0) is 17.5. The summed E-state index contributed by atoms with van der Waals surface area (Å²) < 4.78 is 5.35. The molecule has 0 saturated carbocycles. The van der Waals surface area contributed by atoms with Crippen molar-refractivity contribution in [2.24, 2.45) is 0 Å². The summed E-state index contributed by atoms with van der Waals surface area (Å²) in [6.07, 6.45) is -0.192. The highest BCUT2D eigenvalue weighted by Gasteiger charge is 2.17. The van der Waals surface area contributed by atoms with Crippen molar-refractivity contribution in [3.05, 3.63) is 65.7 Å². The SMILES string of the molecule is O=C(Nc1ccc(CCN2CCOCC2)cc1)C(O)c1ccccc1. The summed E-state index contributed by atoms with van der Waals surface area (Å²) >= 11 is 0. The molecule has 0 aliphatic carbocycles. The fraction of sp³-hybridized carbons (Fsp3) is 0.350. The van der Waals surface area contributed by atoms with Gasteiger partial charge in [0.1, 0.15) is 0 Å². The van der Waals surface area contributed by atoms with Gasteiger partial charge in [0.25, 0.3) is 5.91 Å². The van der Waals surface area contributed by atoms with E-state index in [4.69, 9.17) is 4.74 Å². The van der Waals surface area contributed by atoms with Crippen LogP contribution in [0, 0.1) is 0 Å². The van der Waals surface area contributed by atoms with Crippen LogP contribution in [0.4, 0.5) is 5.69 Å². The zero-order valence-electron chi connectivity index (χ0n) is 14.2. The Kier molecular flexibility index (Phi) is 6.17. The molecule has 5 heteroatoms. The Morgan fingerprint density at radius 3 is 2.44 bits per heavy atom. The highest BCUT2D eigenvalue weighted by Crippen LogP contribution is 2.16. The Morgan fingerprint density at radius 2 is 1.76 bits per heavy atom. The van der Waals surface area contributed by atoms with E-state index in [1.54, 1.807) is 24.3 Å². The normalized spacial score (nSPS) is 16.4. The number of ether oxygens (including phenoxy) is 1. The number of morpholine rings is 1. The van der Waals surface area contributed by atoms with Gasteiger partial charge in [-0.1, -0.05) is 42.5 Å². The molecule has 1 aliphatic rings. The van der Waals surface area contributed by atoms with Crippen LogP contribution in [0.25, 0.3) is 0 Å². The van der Waals surface area contributed by atoms with E-state index in [0.717, 1.165) is 39.3 Å². The summed E-state index contributed by atoms with van der Waals surface area (Å²) in [6, 6.07) is 16.7. The molecule has 1 unspecified atom stereocenters. The Morgan fingerprint density at radius 1 is 1.08 bits per heavy atom. The van der Waals surface area contributed by atoms with E-state index in [1.165, 1.54) is 5.56 Å². The summed E-state index contributed by atoms with van der Waals surface area (Å²) in [5.41, 5.74) is 2.50. The molecule has 5 nitrogen and oxygen atoms in total. The lowest BCUT2D eigenvalue weighted by Crippen LogP contribution is -2.37. The number of nitrogens with one attached hydrogen (secondary N) is 1. The maximum Gasteiger partial charge on any atom is 0.257 e. The lowest BCUT2D eigenvalue weighted by Gasteiger charge is -2.26. The van der Waals surface area contributed by atoms with E-state index < -0.39 is 12.0 Å². The molecule has 2 N–H and O–H groups in total. The minimum atomic E-state index is -1.16. The zero-order valence-corrected chi connectivity index (χ0v) is 14.2. The number of nitrogens with zero attached hydrogens (tertiary/aromatic N) is 1. The van der Waals surface area contributed by atoms with Gasteiger partial charge in [-0.25, -0.2) is 0 Å². The van der Waals surface area contributed by atoms with E-state index in [2.05, 4.69) is 10.2 Å². The van der Waals surface area contributed by atoms with Crippen molar-refractivity contribution in [2.45, 2.75) is 12.5 Å². The first-order chi connectivity index (χ1) is 12.2. The van der Waals surface area contributed by atoms with E-state index >= 15 is 0 Å². The third-order valence-corrected chi connectivity index (χ3v) is 4.41. The summed E-state index contributed by atoms with van der Waals surface area (Å²) in [7, 11) is 0. The monoisotopic (exact) mass is 340 g/mol. The van der Waals surface area contributed by atoms with Crippen molar-refractivity contribution in [1.82, 2.24) is 4.90 Å². The number of hydrogen-bond donors (Lipinski definition) is 2.